The van der Waals surface area contributed by atoms with Crippen LogP contribution in [0.25, 0.3) is 0 Å². The van der Waals surface area contributed by atoms with Crippen molar-refractivity contribution in [2.45, 2.75) is 25.7 Å². The Balaban J connectivity index is 0.00000162. The zero-order chi connectivity index (χ0) is 12.5. The van der Waals surface area contributed by atoms with Crippen LogP contribution >= 0.6 is 12.4 Å². The minimum atomic E-state index is -4.37. The Morgan fingerprint density at radius 3 is 2.78 bits per heavy atom. The zero-order valence-electron chi connectivity index (χ0n) is 9.92. The molecule has 0 amide bonds. The molecule has 1 unspecified atom stereocenters. The fraction of sp³-hybridized carbons (Fsp3) is 0.700. The fourth-order valence-corrected chi connectivity index (χ4v) is 1.92. The van der Waals surface area contributed by atoms with E-state index in [0.29, 0.717) is 18.3 Å². The van der Waals surface area contributed by atoms with Crippen LogP contribution in [-0.4, -0.2) is 40.8 Å². The molecule has 0 radical (unpaired) electrons. The van der Waals surface area contributed by atoms with Gasteiger partial charge in [0.1, 0.15) is 0 Å². The first-order chi connectivity index (χ1) is 7.97. The lowest BCUT2D eigenvalue weighted by Gasteiger charge is -2.33. The number of aromatic nitrogens is 2. The highest BCUT2D eigenvalue weighted by molar-refractivity contribution is 5.85. The van der Waals surface area contributed by atoms with Crippen LogP contribution in [0, 0.1) is 0 Å². The molecule has 2 N–H and O–H groups in total. The van der Waals surface area contributed by atoms with Gasteiger partial charge in [-0.3, -0.25) is 10.00 Å². The molecule has 1 saturated heterocycles. The molecule has 8 heteroatoms. The first-order valence-corrected chi connectivity index (χ1v) is 5.53. The number of H-pyrrole nitrogens is 1. The first-order valence-electron chi connectivity index (χ1n) is 5.53. The van der Waals surface area contributed by atoms with Crippen molar-refractivity contribution in [2.75, 3.05) is 19.6 Å². The molecule has 0 spiro atoms. The lowest BCUT2D eigenvalue weighted by atomic mass is 10.2. The second-order valence-corrected chi connectivity index (χ2v) is 4.30. The van der Waals surface area contributed by atoms with Gasteiger partial charge in [0.25, 0.3) is 0 Å². The summed E-state index contributed by atoms with van der Waals surface area (Å²) in [5.74, 6) is 0. The number of piperazine rings is 1. The summed E-state index contributed by atoms with van der Waals surface area (Å²) in [6, 6.07) is 1.40. The van der Waals surface area contributed by atoms with Gasteiger partial charge < -0.3 is 5.32 Å². The van der Waals surface area contributed by atoms with Gasteiger partial charge in [-0.1, -0.05) is 0 Å². The Labute approximate surface area is 109 Å². The van der Waals surface area contributed by atoms with E-state index in [2.05, 4.69) is 20.4 Å². The van der Waals surface area contributed by atoms with E-state index in [-0.39, 0.29) is 12.4 Å². The van der Waals surface area contributed by atoms with Crippen molar-refractivity contribution in [1.82, 2.24) is 20.4 Å². The van der Waals surface area contributed by atoms with Crippen LogP contribution in [0.2, 0.25) is 0 Å². The minimum absolute atomic E-state index is 0. The standard InChI is InChI=1S/C10H15F3N4.ClH/c1-7-5-14-2-3-17(7)6-8-4-9(16-15-8)10(11,12)13;/h4,7,14H,2-3,5-6H2,1H3,(H,15,16);1H. The van der Waals surface area contributed by atoms with E-state index in [9.17, 15) is 13.2 Å². The number of halogens is 4. The van der Waals surface area contributed by atoms with Crippen molar-refractivity contribution in [3.63, 3.8) is 0 Å². The number of aromatic amines is 1. The lowest BCUT2D eigenvalue weighted by molar-refractivity contribution is -0.141. The Morgan fingerprint density at radius 1 is 1.50 bits per heavy atom. The summed E-state index contributed by atoms with van der Waals surface area (Å²) in [6.07, 6.45) is -4.37. The Bertz CT molecular complexity index is 379. The number of hydrogen-bond donors (Lipinski definition) is 2. The fourth-order valence-electron chi connectivity index (χ4n) is 1.92. The maximum atomic E-state index is 12.4. The van der Waals surface area contributed by atoms with Crippen LogP contribution in [0.3, 0.4) is 0 Å². The average Bonchev–Trinajstić information content (AvgIpc) is 2.69. The number of alkyl halides is 3. The Kier molecular flexibility index (Phi) is 5.01. The molecule has 1 atom stereocenters. The van der Waals surface area contributed by atoms with Crippen molar-refractivity contribution >= 4 is 12.4 Å². The van der Waals surface area contributed by atoms with E-state index in [0.717, 1.165) is 25.7 Å². The van der Waals surface area contributed by atoms with Crippen LogP contribution in [0.5, 0.6) is 0 Å². The first kappa shape index (κ1) is 15.3. The van der Waals surface area contributed by atoms with E-state index < -0.39 is 11.9 Å². The molecular formula is C10H16ClF3N4. The van der Waals surface area contributed by atoms with E-state index in [1.54, 1.807) is 0 Å². The maximum Gasteiger partial charge on any atom is 0.435 e. The molecule has 0 aliphatic carbocycles. The SMILES string of the molecule is CC1CNCCN1Cc1cc(C(F)(F)F)n[nH]1.Cl. The molecule has 2 rings (SSSR count). The second kappa shape index (κ2) is 5.90. The summed E-state index contributed by atoms with van der Waals surface area (Å²) >= 11 is 0. The van der Waals surface area contributed by atoms with Gasteiger partial charge in [-0.25, -0.2) is 0 Å². The predicted octanol–water partition coefficient (Wildman–Crippen LogP) is 1.64. The number of rotatable bonds is 2. The van der Waals surface area contributed by atoms with Gasteiger partial charge in [-0.2, -0.15) is 18.3 Å². The number of nitrogens with one attached hydrogen (secondary N) is 2. The van der Waals surface area contributed by atoms with Gasteiger partial charge in [0.2, 0.25) is 0 Å². The van der Waals surface area contributed by atoms with Gasteiger partial charge in [0.05, 0.1) is 0 Å². The highest BCUT2D eigenvalue weighted by Gasteiger charge is 2.34. The monoisotopic (exact) mass is 284 g/mol. The Morgan fingerprint density at radius 2 is 2.22 bits per heavy atom. The molecule has 1 aromatic rings. The van der Waals surface area contributed by atoms with Gasteiger partial charge in [0, 0.05) is 37.9 Å². The summed E-state index contributed by atoms with van der Waals surface area (Å²) < 4.78 is 37.1. The highest BCUT2D eigenvalue weighted by Crippen LogP contribution is 2.27. The van der Waals surface area contributed by atoms with E-state index in [4.69, 9.17) is 0 Å². The minimum Gasteiger partial charge on any atom is -0.314 e. The summed E-state index contributed by atoms with van der Waals surface area (Å²) in [7, 11) is 0. The lowest BCUT2D eigenvalue weighted by Crippen LogP contribution is -2.49. The average molecular weight is 285 g/mol. The smallest absolute Gasteiger partial charge is 0.314 e. The molecule has 0 bridgehead atoms. The third-order valence-corrected chi connectivity index (χ3v) is 2.93. The van der Waals surface area contributed by atoms with Gasteiger partial charge in [0.15, 0.2) is 5.69 Å². The molecule has 0 aromatic carbocycles. The summed E-state index contributed by atoms with van der Waals surface area (Å²) in [5.41, 5.74) is -0.346. The van der Waals surface area contributed by atoms with Crippen LogP contribution in [-0.2, 0) is 12.7 Å². The van der Waals surface area contributed by atoms with Crippen LogP contribution in [0.4, 0.5) is 13.2 Å². The van der Waals surface area contributed by atoms with Gasteiger partial charge in [-0.05, 0) is 13.0 Å². The molecule has 2 heterocycles. The van der Waals surface area contributed by atoms with Crippen molar-refractivity contribution < 1.29 is 13.2 Å². The Hall–Kier alpha value is -0.790. The molecule has 104 valence electrons. The van der Waals surface area contributed by atoms with E-state index in [1.807, 2.05) is 6.92 Å². The molecule has 1 fully saturated rings. The van der Waals surface area contributed by atoms with E-state index in [1.165, 1.54) is 0 Å². The molecule has 18 heavy (non-hydrogen) atoms. The largest absolute Gasteiger partial charge is 0.435 e. The summed E-state index contributed by atoms with van der Waals surface area (Å²) in [5, 5.41) is 8.97. The highest BCUT2D eigenvalue weighted by atomic mass is 35.5. The molecule has 1 aliphatic rings. The maximum absolute atomic E-state index is 12.4. The van der Waals surface area contributed by atoms with Crippen molar-refractivity contribution in [1.29, 1.82) is 0 Å². The molecule has 1 aromatic heterocycles. The topological polar surface area (TPSA) is 44.0 Å². The third-order valence-electron chi connectivity index (χ3n) is 2.93. The summed E-state index contributed by atoms with van der Waals surface area (Å²) in [6.45, 7) is 5.09. The number of hydrogen-bond acceptors (Lipinski definition) is 3. The van der Waals surface area contributed by atoms with Crippen molar-refractivity contribution in [3.05, 3.63) is 17.5 Å². The summed E-state index contributed by atoms with van der Waals surface area (Å²) in [4.78, 5) is 2.13. The van der Waals surface area contributed by atoms with Gasteiger partial charge in [-0.15, -0.1) is 12.4 Å². The normalized spacial score (nSPS) is 21.7. The zero-order valence-corrected chi connectivity index (χ0v) is 10.7. The molecule has 4 nitrogen and oxygen atoms in total. The third kappa shape index (κ3) is 3.60. The number of nitrogens with zero attached hydrogens (tertiary/aromatic N) is 2. The molecule has 1 aliphatic heterocycles. The molecule has 0 saturated carbocycles. The predicted molar refractivity (Wildman–Crippen MR) is 63.6 cm³/mol. The second-order valence-electron chi connectivity index (χ2n) is 4.30. The van der Waals surface area contributed by atoms with Crippen molar-refractivity contribution in [3.8, 4) is 0 Å². The van der Waals surface area contributed by atoms with Crippen LogP contribution in [0.1, 0.15) is 18.3 Å². The molecular weight excluding hydrogens is 269 g/mol. The van der Waals surface area contributed by atoms with Gasteiger partial charge >= 0.3 is 6.18 Å². The van der Waals surface area contributed by atoms with Crippen molar-refractivity contribution in [2.24, 2.45) is 0 Å². The quantitative estimate of drug-likeness (QED) is 0.868. The van der Waals surface area contributed by atoms with E-state index >= 15 is 0 Å². The van der Waals surface area contributed by atoms with Crippen LogP contribution in [0.15, 0.2) is 6.07 Å². The van der Waals surface area contributed by atoms with Crippen LogP contribution < -0.4 is 5.32 Å².